The van der Waals surface area contributed by atoms with Crippen LogP contribution in [-0.4, -0.2) is 6.61 Å². The van der Waals surface area contributed by atoms with Crippen LogP contribution < -0.4 is 5.90 Å². The molecule has 0 aliphatic carbocycles. The number of rotatable bonds is 3. The lowest BCUT2D eigenvalue weighted by Gasteiger charge is -1.98. The molecule has 60 valence electrons. The van der Waals surface area contributed by atoms with Crippen LogP contribution >= 0.6 is 0 Å². The molecule has 1 aromatic carbocycles. The highest BCUT2D eigenvalue weighted by Gasteiger charge is 1.93. The largest absolute Gasteiger partial charge is 0.304 e. The van der Waals surface area contributed by atoms with Gasteiger partial charge in [-0.05, 0) is 24.1 Å². The zero-order valence-corrected chi connectivity index (χ0v) is 6.09. The molecule has 0 heterocycles. The first kappa shape index (κ1) is 8.17. The Morgan fingerprint density at radius 2 is 2.27 bits per heavy atom. The van der Waals surface area contributed by atoms with Crippen molar-refractivity contribution in [1.82, 2.24) is 0 Å². The minimum Gasteiger partial charge on any atom is -0.304 e. The molecule has 3 heteroatoms. The standard InChI is InChI=1S/C8H10FNO/c9-8-3-1-2-7(6-8)4-5-11-10/h1-3,6H,4-5,10H2. The average Bonchev–Trinajstić information content (AvgIpc) is 2.01. The van der Waals surface area contributed by atoms with Crippen molar-refractivity contribution in [2.75, 3.05) is 6.61 Å². The molecule has 1 aromatic rings. The third-order valence-corrected chi connectivity index (χ3v) is 1.40. The van der Waals surface area contributed by atoms with Crippen molar-refractivity contribution in [3.05, 3.63) is 35.6 Å². The summed E-state index contributed by atoms with van der Waals surface area (Å²) in [4.78, 5) is 4.36. The van der Waals surface area contributed by atoms with E-state index in [0.29, 0.717) is 13.0 Å². The summed E-state index contributed by atoms with van der Waals surface area (Å²) in [5.74, 6) is 4.60. The van der Waals surface area contributed by atoms with Crippen molar-refractivity contribution in [2.24, 2.45) is 5.90 Å². The van der Waals surface area contributed by atoms with E-state index in [0.717, 1.165) is 5.56 Å². The Hall–Kier alpha value is -0.930. The molecule has 0 aromatic heterocycles. The lowest BCUT2D eigenvalue weighted by molar-refractivity contribution is 0.141. The molecule has 0 saturated carbocycles. The van der Waals surface area contributed by atoms with Gasteiger partial charge in [-0.3, -0.25) is 0 Å². The highest BCUT2D eigenvalue weighted by molar-refractivity contribution is 5.16. The number of benzene rings is 1. The Kier molecular flexibility index (Phi) is 3.01. The van der Waals surface area contributed by atoms with Gasteiger partial charge in [0.1, 0.15) is 5.82 Å². The van der Waals surface area contributed by atoms with E-state index in [-0.39, 0.29) is 5.82 Å². The van der Waals surface area contributed by atoms with Crippen LogP contribution in [0.4, 0.5) is 4.39 Å². The van der Waals surface area contributed by atoms with Crippen molar-refractivity contribution in [1.29, 1.82) is 0 Å². The zero-order valence-electron chi connectivity index (χ0n) is 6.09. The van der Waals surface area contributed by atoms with E-state index in [1.54, 1.807) is 6.07 Å². The summed E-state index contributed by atoms with van der Waals surface area (Å²) in [6.07, 6.45) is 0.647. The summed E-state index contributed by atoms with van der Waals surface area (Å²) in [6.45, 7) is 0.420. The normalized spacial score (nSPS) is 10.0. The first-order chi connectivity index (χ1) is 5.33. The van der Waals surface area contributed by atoms with E-state index in [9.17, 15) is 4.39 Å². The van der Waals surface area contributed by atoms with E-state index < -0.39 is 0 Å². The topological polar surface area (TPSA) is 35.2 Å². The molecular formula is C8H10FNO. The van der Waals surface area contributed by atoms with E-state index in [4.69, 9.17) is 5.90 Å². The Morgan fingerprint density at radius 1 is 1.45 bits per heavy atom. The Morgan fingerprint density at radius 3 is 2.91 bits per heavy atom. The minimum absolute atomic E-state index is 0.223. The summed E-state index contributed by atoms with van der Waals surface area (Å²) in [7, 11) is 0. The summed E-state index contributed by atoms with van der Waals surface area (Å²) in [5, 5.41) is 0. The van der Waals surface area contributed by atoms with Crippen LogP contribution in [0.15, 0.2) is 24.3 Å². The summed E-state index contributed by atoms with van der Waals surface area (Å²) in [5.41, 5.74) is 0.899. The number of nitrogens with two attached hydrogens (primary N) is 1. The van der Waals surface area contributed by atoms with Gasteiger partial charge in [-0.25, -0.2) is 10.3 Å². The van der Waals surface area contributed by atoms with Gasteiger partial charge in [-0.2, -0.15) is 0 Å². The van der Waals surface area contributed by atoms with Crippen LogP contribution in [0.25, 0.3) is 0 Å². The maximum Gasteiger partial charge on any atom is 0.123 e. The monoisotopic (exact) mass is 155 g/mol. The molecule has 2 nitrogen and oxygen atoms in total. The summed E-state index contributed by atoms with van der Waals surface area (Å²) in [6, 6.07) is 6.38. The van der Waals surface area contributed by atoms with Crippen LogP contribution in [0.2, 0.25) is 0 Å². The quantitative estimate of drug-likeness (QED) is 0.667. The number of hydrogen-bond acceptors (Lipinski definition) is 2. The molecule has 0 aliphatic heterocycles. The van der Waals surface area contributed by atoms with Gasteiger partial charge in [0.15, 0.2) is 0 Å². The van der Waals surface area contributed by atoms with Crippen molar-refractivity contribution in [3.63, 3.8) is 0 Å². The second-order valence-corrected chi connectivity index (χ2v) is 2.25. The molecule has 0 unspecified atom stereocenters. The fourth-order valence-corrected chi connectivity index (χ4v) is 0.869. The lowest BCUT2D eigenvalue weighted by Crippen LogP contribution is -2.03. The van der Waals surface area contributed by atoms with Crippen LogP contribution in [-0.2, 0) is 11.3 Å². The van der Waals surface area contributed by atoms with Crippen LogP contribution in [0.5, 0.6) is 0 Å². The summed E-state index contributed by atoms with van der Waals surface area (Å²) >= 11 is 0. The highest BCUT2D eigenvalue weighted by atomic mass is 19.1. The van der Waals surface area contributed by atoms with Crippen LogP contribution in [0.3, 0.4) is 0 Å². The molecule has 0 saturated heterocycles. The van der Waals surface area contributed by atoms with Gasteiger partial charge >= 0.3 is 0 Å². The van der Waals surface area contributed by atoms with E-state index >= 15 is 0 Å². The average molecular weight is 155 g/mol. The van der Waals surface area contributed by atoms with Gasteiger partial charge in [0.05, 0.1) is 6.61 Å². The fraction of sp³-hybridized carbons (Fsp3) is 0.250. The number of halogens is 1. The smallest absolute Gasteiger partial charge is 0.123 e. The van der Waals surface area contributed by atoms with Gasteiger partial charge in [-0.1, -0.05) is 12.1 Å². The molecule has 11 heavy (non-hydrogen) atoms. The third-order valence-electron chi connectivity index (χ3n) is 1.40. The Labute approximate surface area is 64.7 Å². The minimum atomic E-state index is -0.223. The Balaban J connectivity index is 2.56. The second kappa shape index (κ2) is 4.05. The molecule has 0 bridgehead atoms. The predicted octanol–water partition coefficient (Wildman–Crippen LogP) is 1.26. The maximum atomic E-state index is 12.5. The first-order valence-corrected chi connectivity index (χ1v) is 3.39. The fourth-order valence-electron chi connectivity index (χ4n) is 0.869. The van der Waals surface area contributed by atoms with Gasteiger partial charge in [0.25, 0.3) is 0 Å². The lowest BCUT2D eigenvalue weighted by atomic mass is 10.2. The van der Waals surface area contributed by atoms with Crippen LogP contribution in [0.1, 0.15) is 5.56 Å². The molecule has 1 rings (SSSR count). The highest BCUT2D eigenvalue weighted by Crippen LogP contribution is 2.03. The molecule has 0 atom stereocenters. The van der Waals surface area contributed by atoms with Gasteiger partial charge in [-0.15, -0.1) is 0 Å². The van der Waals surface area contributed by atoms with Crippen molar-refractivity contribution >= 4 is 0 Å². The van der Waals surface area contributed by atoms with E-state index in [1.165, 1.54) is 12.1 Å². The van der Waals surface area contributed by atoms with Crippen molar-refractivity contribution < 1.29 is 9.23 Å². The van der Waals surface area contributed by atoms with Crippen LogP contribution in [0, 0.1) is 5.82 Å². The van der Waals surface area contributed by atoms with E-state index in [1.807, 2.05) is 6.07 Å². The van der Waals surface area contributed by atoms with E-state index in [2.05, 4.69) is 4.84 Å². The first-order valence-electron chi connectivity index (χ1n) is 3.39. The molecule has 0 fully saturated rings. The molecule has 0 spiro atoms. The zero-order chi connectivity index (χ0) is 8.10. The molecule has 2 N–H and O–H groups in total. The van der Waals surface area contributed by atoms with Crippen molar-refractivity contribution in [2.45, 2.75) is 6.42 Å². The third kappa shape index (κ3) is 2.65. The van der Waals surface area contributed by atoms with Gasteiger partial charge < -0.3 is 4.84 Å². The van der Waals surface area contributed by atoms with Gasteiger partial charge in [0.2, 0.25) is 0 Å². The second-order valence-electron chi connectivity index (χ2n) is 2.25. The Bertz CT molecular complexity index is 227. The molecule has 0 amide bonds. The SMILES string of the molecule is NOCCc1cccc(F)c1. The van der Waals surface area contributed by atoms with Crippen molar-refractivity contribution in [3.8, 4) is 0 Å². The maximum absolute atomic E-state index is 12.5. The summed E-state index contributed by atoms with van der Waals surface area (Å²) < 4.78 is 12.5. The molecule has 0 aliphatic rings. The molecule has 0 radical (unpaired) electrons. The molecular weight excluding hydrogens is 145 g/mol. The van der Waals surface area contributed by atoms with Gasteiger partial charge in [0, 0.05) is 0 Å². The predicted molar refractivity (Wildman–Crippen MR) is 40.2 cm³/mol. The number of hydrogen-bond donors (Lipinski definition) is 1.